The van der Waals surface area contributed by atoms with Gasteiger partial charge in [0.1, 0.15) is 0 Å². The van der Waals surface area contributed by atoms with Crippen LogP contribution in [0.1, 0.15) is 30.1 Å². The van der Waals surface area contributed by atoms with Gasteiger partial charge in [-0.05, 0) is 42.7 Å². The van der Waals surface area contributed by atoms with Crippen LogP contribution in [0.5, 0.6) is 0 Å². The van der Waals surface area contributed by atoms with Crippen molar-refractivity contribution in [3.05, 3.63) is 28.8 Å². The third-order valence-electron chi connectivity index (χ3n) is 3.54. The van der Waals surface area contributed by atoms with E-state index in [4.69, 9.17) is 11.6 Å². The molecule has 1 aliphatic rings. The van der Waals surface area contributed by atoms with E-state index >= 15 is 0 Å². The number of hydrogen-bond donors (Lipinski definition) is 1. The maximum absolute atomic E-state index is 12.7. The van der Waals surface area contributed by atoms with Crippen molar-refractivity contribution in [2.75, 3.05) is 25.4 Å². The summed E-state index contributed by atoms with van der Waals surface area (Å²) in [4.78, 5) is 15.5. The number of aliphatic hydroxyl groups excluding tert-OH is 1. The minimum absolute atomic E-state index is 0.0293. The number of thioether (sulfide) groups is 1. The second-order valence-corrected chi connectivity index (χ2v) is 6.76. The largest absolute Gasteiger partial charge is 0.396 e. The van der Waals surface area contributed by atoms with Crippen LogP contribution >= 0.6 is 23.4 Å². The molecule has 3 nitrogen and oxygen atoms in total. The molecule has 2 rings (SSSR count). The average molecular weight is 314 g/mol. The van der Waals surface area contributed by atoms with Gasteiger partial charge in [0.25, 0.3) is 5.91 Å². The van der Waals surface area contributed by atoms with Crippen LogP contribution in [0.3, 0.4) is 0 Å². The molecule has 5 heteroatoms. The number of aliphatic hydroxyl groups is 1. The molecule has 0 aliphatic carbocycles. The molecule has 1 amide bonds. The zero-order chi connectivity index (χ0) is 14.5. The minimum atomic E-state index is 0.0293. The number of piperidine rings is 1. The van der Waals surface area contributed by atoms with E-state index in [0.717, 1.165) is 30.0 Å². The summed E-state index contributed by atoms with van der Waals surface area (Å²) in [6, 6.07) is 5.49. The fraction of sp³-hybridized carbons (Fsp3) is 0.533. The molecule has 1 aromatic rings. The lowest BCUT2D eigenvalue weighted by Crippen LogP contribution is -2.41. The number of halogens is 1. The van der Waals surface area contributed by atoms with Gasteiger partial charge in [-0.3, -0.25) is 4.79 Å². The van der Waals surface area contributed by atoms with Crippen molar-refractivity contribution in [2.45, 2.75) is 24.7 Å². The topological polar surface area (TPSA) is 40.5 Å². The van der Waals surface area contributed by atoms with E-state index < -0.39 is 0 Å². The molecule has 0 bridgehead atoms. The summed E-state index contributed by atoms with van der Waals surface area (Å²) in [5.41, 5.74) is 0.683. The monoisotopic (exact) mass is 313 g/mol. The molecule has 1 fully saturated rings. The highest BCUT2D eigenvalue weighted by atomic mass is 35.5. The number of carbonyl (C=O) groups is 1. The van der Waals surface area contributed by atoms with E-state index in [1.807, 2.05) is 17.0 Å². The van der Waals surface area contributed by atoms with E-state index in [2.05, 4.69) is 6.92 Å². The van der Waals surface area contributed by atoms with Crippen LogP contribution in [0.25, 0.3) is 0 Å². The number of benzene rings is 1. The number of likely N-dealkylation sites (tertiary alicyclic amines) is 1. The number of hydrogen-bond acceptors (Lipinski definition) is 3. The second kappa shape index (κ2) is 7.34. The number of carbonyl (C=O) groups excluding carboxylic acids is 1. The number of rotatable bonds is 4. The van der Waals surface area contributed by atoms with Gasteiger partial charge >= 0.3 is 0 Å². The third kappa shape index (κ3) is 3.68. The van der Waals surface area contributed by atoms with Gasteiger partial charge in [0.2, 0.25) is 0 Å². The molecule has 0 radical (unpaired) electrons. The van der Waals surface area contributed by atoms with Crippen LogP contribution in [0.15, 0.2) is 23.1 Å². The van der Waals surface area contributed by atoms with E-state index in [1.165, 1.54) is 0 Å². The molecule has 1 N–H and O–H groups in total. The Hall–Kier alpha value is -0.710. The molecule has 1 aromatic carbocycles. The van der Waals surface area contributed by atoms with Crippen LogP contribution in [0, 0.1) is 5.92 Å². The predicted octanol–water partition coefficient (Wildman–Crippen LogP) is 3.30. The molecule has 1 unspecified atom stereocenters. The lowest BCUT2D eigenvalue weighted by atomic mass is 9.98. The van der Waals surface area contributed by atoms with Gasteiger partial charge in [0, 0.05) is 29.6 Å². The summed E-state index contributed by atoms with van der Waals surface area (Å²) < 4.78 is 0. The normalized spacial score (nSPS) is 19.1. The van der Waals surface area contributed by atoms with Gasteiger partial charge in [-0.2, -0.15) is 0 Å². The molecule has 1 saturated heterocycles. The second-order valence-electron chi connectivity index (χ2n) is 5.02. The summed E-state index contributed by atoms with van der Waals surface area (Å²) in [5, 5.41) is 9.87. The highest BCUT2D eigenvalue weighted by molar-refractivity contribution is 7.99. The van der Waals surface area contributed by atoms with E-state index in [-0.39, 0.29) is 18.4 Å². The Labute approximate surface area is 129 Å². The van der Waals surface area contributed by atoms with Gasteiger partial charge in [-0.15, -0.1) is 11.8 Å². The highest BCUT2D eigenvalue weighted by Crippen LogP contribution is 2.28. The Bertz CT molecular complexity index is 481. The Kier molecular flexibility index (Phi) is 5.75. The summed E-state index contributed by atoms with van der Waals surface area (Å²) in [6.45, 7) is 3.61. The van der Waals surface area contributed by atoms with Gasteiger partial charge in [0.05, 0.1) is 5.56 Å². The van der Waals surface area contributed by atoms with Crippen molar-refractivity contribution in [3.63, 3.8) is 0 Å². The van der Waals surface area contributed by atoms with Crippen LogP contribution in [-0.2, 0) is 0 Å². The number of nitrogens with zero attached hydrogens (tertiary/aromatic N) is 1. The summed E-state index contributed by atoms with van der Waals surface area (Å²) in [6.07, 6.45) is 1.94. The Morgan fingerprint density at radius 1 is 1.55 bits per heavy atom. The number of amides is 1. The summed E-state index contributed by atoms with van der Waals surface area (Å²) in [7, 11) is 0. The van der Waals surface area contributed by atoms with Gasteiger partial charge in [-0.1, -0.05) is 18.5 Å². The summed E-state index contributed by atoms with van der Waals surface area (Å²) in [5.74, 6) is 1.15. The Balaban J connectivity index is 2.21. The lowest BCUT2D eigenvalue weighted by molar-refractivity contribution is 0.0617. The van der Waals surface area contributed by atoms with Crippen molar-refractivity contribution in [2.24, 2.45) is 5.92 Å². The van der Waals surface area contributed by atoms with Crippen molar-refractivity contribution in [1.29, 1.82) is 0 Å². The van der Waals surface area contributed by atoms with E-state index in [0.29, 0.717) is 17.1 Å². The Morgan fingerprint density at radius 3 is 3.05 bits per heavy atom. The molecule has 0 saturated carbocycles. The van der Waals surface area contributed by atoms with Gasteiger partial charge in [0.15, 0.2) is 0 Å². The molecule has 0 aromatic heterocycles. The van der Waals surface area contributed by atoms with Gasteiger partial charge in [-0.25, -0.2) is 0 Å². The highest BCUT2D eigenvalue weighted by Gasteiger charge is 2.25. The molecule has 1 atom stereocenters. The third-order valence-corrected chi connectivity index (χ3v) is 4.73. The fourth-order valence-corrected chi connectivity index (χ4v) is 3.47. The first kappa shape index (κ1) is 15.7. The van der Waals surface area contributed by atoms with Crippen LogP contribution < -0.4 is 0 Å². The summed E-state index contributed by atoms with van der Waals surface area (Å²) >= 11 is 7.69. The van der Waals surface area contributed by atoms with Crippen molar-refractivity contribution < 1.29 is 9.90 Å². The fourth-order valence-electron chi connectivity index (χ4n) is 2.52. The molecule has 110 valence electrons. The standard InChI is InChI=1S/C15H20ClNO2S/c1-2-20-14-6-5-12(16)8-13(14)15(19)17-7-3-4-11(9-17)10-18/h5-6,8,11,18H,2-4,7,9-10H2,1H3. The van der Waals surface area contributed by atoms with Crippen molar-refractivity contribution >= 4 is 29.3 Å². The van der Waals surface area contributed by atoms with Crippen LogP contribution in [0.4, 0.5) is 0 Å². The maximum atomic E-state index is 12.7. The predicted molar refractivity (Wildman–Crippen MR) is 83.6 cm³/mol. The lowest BCUT2D eigenvalue weighted by Gasteiger charge is -2.32. The van der Waals surface area contributed by atoms with Crippen LogP contribution in [-0.4, -0.2) is 41.4 Å². The first-order valence-corrected chi connectivity index (χ1v) is 8.34. The zero-order valence-corrected chi connectivity index (χ0v) is 13.2. The van der Waals surface area contributed by atoms with E-state index in [9.17, 15) is 9.90 Å². The first-order chi connectivity index (χ1) is 9.65. The molecule has 1 aliphatic heterocycles. The zero-order valence-electron chi connectivity index (χ0n) is 11.6. The maximum Gasteiger partial charge on any atom is 0.255 e. The molecular weight excluding hydrogens is 294 g/mol. The van der Waals surface area contributed by atoms with E-state index in [1.54, 1.807) is 17.8 Å². The minimum Gasteiger partial charge on any atom is -0.396 e. The van der Waals surface area contributed by atoms with Gasteiger partial charge < -0.3 is 10.0 Å². The molecule has 1 heterocycles. The smallest absolute Gasteiger partial charge is 0.255 e. The molecular formula is C15H20ClNO2S. The average Bonchev–Trinajstić information content (AvgIpc) is 2.48. The van der Waals surface area contributed by atoms with Crippen LogP contribution in [0.2, 0.25) is 5.02 Å². The molecule has 0 spiro atoms. The van der Waals surface area contributed by atoms with Crippen molar-refractivity contribution in [3.8, 4) is 0 Å². The SMILES string of the molecule is CCSc1ccc(Cl)cc1C(=O)N1CCCC(CO)C1. The quantitative estimate of drug-likeness (QED) is 0.867. The van der Waals surface area contributed by atoms with Crippen molar-refractivity contribution in [1.82, 2.24) is 4.90 Å². The first-order valence-electron chi connectivity index (χ1n) is 6.98. The Morgan fingerprint density at radius 2 is 2.35 bits per heavy atom. The molecule has 20 heavy (non-hydrogen) atoms.